The maximum Gasteiger partial charge on any atom is 0.233 e. The van der Waals surface area contributed by atoms with Gasteiger partial charge in [0.1, 0.15) is 23.9 Å². The van der Waals surface area contributed by atoms with Crippen molar-refractivity contribution in [3.63, 3.8) is 0 Å². The molecule has 4 aromatic rings. The molecule has 0 radical (unpaired) electrons. The number of rotatable bonds is 6. The highest BCUT2D eigenvalue weighted by Gasteiger charge is 2.22. The molecule has 4 aromatic heterocycles. The number of aliphatic hydroxyl groups is 1. The van der Waals surface area contributed by atoms with Gasteiger partial charge < -0.3 is 9.84 Å². The van der Waals surface area contributed by atoms with E-state index in [4.69, 9.17) is 9.72 Å². The number of hydrogen-bond donors (Lipinski definition) is 1. The van der Waals surface area contributed by atoms with Crippen molar-refractivity contribution in [2.45, 2.75) is 39.5 Å². The van der Waals surface area contributed by atoms with Gasteiger partial charge in [-0.05, 0) is 43.1 Å². The van der Waals surface area contributed by atoms with E-state index in [9.17, 15) is 10.4 Å². The first-order chi connectivity index (χ1) is 16.1. The summed E-state index contributed by atoms with van der Waals surface area (Å²) in [6, 6.07) is 9.75. The van der Waals surface area contributed by atoms with Crippen LogP contribution in [-0.2, 0) is 19.6 Å². The molecule has 0 amide bonds. The van der Waals surface area contributed by atoms with Crippen molar-refractivity contribution in [2.75, 3.05) is 13.2 Å². The van der Waals surface area contributed by atoms with Crippen LogP contribution in [0.5, 0.6) is 5.88 Å². The molecule has 1 aliphatic rings. The second-order valence-corrected chi connectivity index (χ2v) is 9.05. The molecule has 0 saturated heterocycles. The van der Waals surface area contributed by atoms with Gasteiger partial charge in [0.25, 0.3) is 0 Å². The van der Waals surface area contributed by atoms with Crippen molar-refractivity contribution in [1.82, 2.24) is 34.1 Å². The summed E-state index contributed by atoms with van der Waals surface area (Å²) in [6.07, 6.45) is 0.827. The van der Waals surface area contributed by atoms with Crippen LogP contribution in [0.4, 0.5) is 0 Å². The molecule has 5 heterocycles. The minimum atomic E-state index is 0.132. The van der Waals surface area contributed by atoms with Gasteiger partial charge in [-0.25, -0.2) is 0 Å². The van der Waals surface area contributed by atoms with Gasteiger partial charge in [-0.15, -0.1) is 15.3 Å². The average Bonchev–Trinajstić information content (AvgIpc) is 3.47. The molecular formula is C22H22N8O2S. The van der Waals surface area contributed by atoms with Crippen molar-refractivity contribution in [3.8, 4) is 23.5 Å². The third kappa shape index (κ3) is 4.16. The SMILES string of the molecule is Cc1cc(-c2nnc3c(C#N)cc(OCc4ccc5c(n4)CCN(C(C)CO)C5)nn23)ns1. The maximum absolute atomic E-state index is 9.58. The van der Waals surface area contributed by atoms with E-state index in [1.807, 2.05) is 26.0 Å². The second-order valence-electron chi connectivity index (χ2n) is 8.04. The van der Waals surface area contributed by atoms with E-state index < -0.39 is 0 Å². The van der Waals surface area contributed by atoms with Crippen LogP contribution in [0.15, 0.2) is 24.3 Å². The predicted molar refractivity (Wildman–Crippen MR) is 121 cm³/mol. The molecule has 0 aliphatic carbocycles. The van der Waals surface area contributed by atoms with E-state index in [0.29, 0.717) is 22.7 Å². The number of nitriles is 1. The standard InChI is InChI=1S/C22H22N8O2S/c1-13(11-31)29-6-5-18-15(10-29)3-4-17(24-18)12-32-20-8-16(9-23)21-25-26-22(30(21)27-20)19-7-14(2)33-28-19/h3-4,7-8,13,31H,5-6,10-12H2,1-2H3. The summed E-state index contributed by atoms with van der Waals surface area (Å²) in [4.78, 5) is 8.06. The van der Waals surface area contributed by atoms with Crippen LogP contribution >= 0.6 is 11.5 Å². The third-order valence-corrected chi connectivity index (χ3v) is 6.41. The quantitative estimate of drug-likeness (QED) is 0.459. The summed E-state index contributed by atoms with van der Waals surface area (Å²) in [5, 5.41) is 31.8. The number of ether oxygens (including phenoxy) is 1. The molecule has 0 saturated carbocycles. The number of aromatic nitrogens is 6. The Morgan fingerprint density at radius 1 is 1.30 bits per heavy atom. The van der Waals surface area contributed by atoms with Crippen LogP contribution in [0.1, 0.15) is 34.3 Å². The summed E-state index contributed by atoms with van der Waals surface area (Å²) in [7, 11) is 0. The normalized spacial score (nSPS) is 14.7. The molecule has 1 aliphatic heterocycles. The number of pyridine rings is 1. The Bertz CT molecular complexity index is 1360. The third-order valence-electron chi connectivity index (χ3n) is 5.72. The number of hydrogen-bond acceptors (Lipinski definition) is 10. The summed E-state index contributed by atoms with van der Waals surface area (Å²) in [5.74, 6) is 0.749. The largest absolute Gasteiger partial charge is 0.470 e. The molecule has 0 aromatic carbocycles. The van der Waals surface area contributed by atoms with Crippen LogP contribution in [0.2, 0.25) is 0 Å². The second kappa shape index (κ2) is 8.82. The van der Waals surface area contributed by atoms with Gasteiger partial charge in [0, 0.05) is 42.2 Å². The smallest absolute Gasteiger partial charge is 0.233 e. The van der Waals surface area contributed by atoms with Crippen molar-refractivity contribution in [1.29, 1.82) is 5.26 Å². The van der Waals surface area contributed by atoms with E-state index in [1.165, 1.54) is 21.6 Å². The fourth-order valence-corrected chi connectivity index (χ4v) is 4.39. The number of fused-ring (bicyclic) bond motifs is 2. The van der Waals surface area contributed by atoms with Gasteiger partial charge in [0.15, 0.2) is 5.65 Å². The Balaban J connectivity index is 1.37. The van der Waals surface area contributed by atoms with Crippen molar-refractivity contribution in [2.24, 2.45) is 0 Å². The van der Waals surface area contributed by atoms with Crippen LogP contribution in [-0.4, -0.2) is 58.4 Å². The Morgan fingerprint density at radius 3 is 2.94 bits per heavy atom. The van der Waals surface area contributed by atoms with Gasteiger partial charge in [0.2, 0.25) is 11.7 Å². The molecule has 0 spiro atoms. The van der Waals surface area contributed by atoms with Gasteiger partial charge in [-0.2, -0.15) is 14.2 Å². The molecule has 1 unspecified atom stereocenters. The lowest BCUT2D eigenvalue weighted by Gasteiger charge is -2.32. The van der Waals surface area contributed by atoms with Crippen molar-refractivity contribution >= 4 is 17.2 Å². The monoisotopic (exact) mass is 462 g/mol. The predicted octanol–water partition coefficient (Wildman–Crippen LogP) is 2.14. The molecule has 10 nitrogen and oxygen atoms in total. The van der Waals surface area contributed by atoms with Crippen LogP contribution in [0, 0.1) is 18.3 Å². The fourth-order valence-electron chi connectivity index (χ4n) is 3.85. The van der Waals surface area contributed by atoms with Gasteiger partial charge >= 0.3 is 0 Å². The zero-order chi connectivity index (χ0) is 22.9. The minimum absolute atomic E-state index is 0.132. The molecule has 0 fully saturated rings. The summed E-state index contributed by atoms with van der Waals surface area (Å²) < 4.78 is 11.8. The average molecular weight is 463 g/mol. The van der Waals surface area contributed by atoms with Gasteiger partial charge in [-0.1, -0.05) is 6.07 Å². The zero-order valence-corrected chi connectivity index (χ0v) is 19.1. The number of nitrogens with zero attached hydrogens (tertiary/aromatic N) is 8. The molecule has 0 bridgehead atoms. The first kappa shape index (κ1) is 21.4. The molecular weight excluding hydrogens is 440 g/mol. The summed E-state index contributed by atoms with van der Waals surface area (Å²) >= 11 is 1.37. The topological polar surface area (TPSA) is 125 Å². The Kier molecular flexibility index (Phi) is 5.72. The summed E-state index contributed by atoms with van der Waals surface area (Å²) in [5.41, 5.74) is 4.35. The van der Waals surface area contributed by atoms with E-state index in [0.717, 1.165) is 35.8 Å². The first-order valence-corrected chi connectivity index (χ1v) is 11.4. The lowest BCUT2D eigenvalue weighted by Crippen LogP contribution is -2.39. The molecule has 11 heteroatoms. The van der Waals surface area contributed by atoms with Gasteiger partial charge in [-0.3, -0.25) is 9.88 Å². The van der Waals surface area contributed by atoms with Crippen molar-refractivity contribution in [3.05, 3.63) is 51.7 Å². The lowest BCUT2D eigenvalue weighted by atomic mass is 10.0. The number of aliphatic hydroxyl groups excluding tert-OH is 1. The van der Waals surface area contributed by atoms with Crippen LogP contribution in [0.25, 0.3) is 17.2 Å². The van der Waals surface area contributed by atoms with E-state index in [2.05, 4.69) is 36.7 Å². The summed E-state index contributed by atoms with van der Waals surface area (Å²) in [6.45, 7) is 6.00. The Hall–Kier alpha value is -3.46. The fraction of sp³-hybridized carbons (Fsp3) is 0.364. The van der Waals surface area contributed by atoms with E-state index >= 15 is 0 Å². The lowest BCUT2D eigenvalue weighted by molar-refractivity contribution is 0.122. The highest BCUT2D eigenvalue weighted by Crippen LogP contribution is 2.24. The van der Waals surface area contributed by atoms with Gasteiger partial charge in [0.05, 0.1) is 12.3 Å². The van der Waals surface area contributed by atoms with Crippen LogP contribution < -0.4 is 4.74 Å². The molecule has 1 N–H and O–H groups in total. The first-order valence-electron chi connectivity index (χ1n) is 10.6. The number of aryl methyl sites for hydroxylation is 1. The highest BCUT2D eigenvalue weighted by atomic mass is 32.1. The van der Waals surface area contributed by atoms with Crippen molar-refractivity contribution < 1.29 is 9.84 Å². The minimum Gasteiger partial charge on any atom is -0.470 e. The molecule has 168 valence electrons. The molecule has 5 rings (SSSR count). The molecule has 1 atom stereocenters. The Morgan fingerprint density at radius 2 is 2.18 bits per heavy atom. The Labute approximate surface area is 194 Å². The molecule has 33 heavy (non-hydrogen) atoms. The van der Waals surface area contributed by atoms with E-state index in [-0.39, 0.29) is 25.1 Å². The van der Waals surface area contributed by atoms with Crippen LogP contribution in [0.3, 0.4) is 0 Å². The van der Waals surface area contributed by atoms with E-state index in [1.54, 1.807) is 6.07 Å². The zero-order valence-electron chi connectivity index (χ0n) is 18.3. The highest BCUT2D eigenvalue weighted by molar-refractivity contribution is 7.05. The maximum atomic E-state index is 9.58.